The first-order valence-corrected chi connectivity index (χ1v) is 3.98. The topological polar surface area (TPSA) is 38.7 Å². The maximum Gasteiger partial charge on any atom is 0.163 e. The lowest BCUT2D eigenvalue weighted by Crippen LogP contribution is -2.26. The second kappa shape index (κ2) is 3.09. The van der Waals surface area contributed by atoms with Gasteiger partial charge in [-0.15, -0.1) is 0 Å². The number of aliphatic hydroxyl groups is 1. The Kier molecular flexibility index (Phi) is 2.52. The van der Waals surface area contributed by atoms with Crippen LogP contribution in [-0.2, 0) is 9.47 Å². The molecule has 1 saturated heterocycles. The fourth-order valence-electron chi connectivity index (χ4n) is 1.11. The van der Waals surface area contributed by atoms with Crippen molar-refractivity contribution >= 4 is 0 Å². The van der Waals surface area contributed by atoms with Crippen molar-refractivity contribution in [3.8, 4) is 0 Å². The zero-order valence-corrected chi connectivity index (χ0v) is 7.33. The number of hydrogen-bond acceptors (Lipinski definition) is 3. The Balaban J connectivity index is 2.41. The van der Waals surface area contributed by atoms with Crippen LogP contribution in [0.5, 0.6) is 0 Å². The van der Waals surface area contributed by atoms with Crippen LogP contribution in [0.15, 0.2) is 0 Å². The average Bonchev–Trinajstić information content (AvgIpc) is 2.29. The van der Waals surface area contributed by atoms with Gasteiger partial charge in [0.1, 0.15) is 0 Å². The number of rotatable bonds is 2. The third-order valence-electron chi connectivity index (χ3n) is 1.95. The molecule has 0 aromatic carbocycles. The van der Waals surface area contributed by atoms with Crippen molar-refractivity contribution in [2.24, 2.45) is 5.92 Å². The Morgan fingerprint density at radius 3 is 2.64 bits per heavy atom. The molecule has 1 aliphatic rings. The van der Waals surface area contributed by atoms with Crippen LogP contribution in [0.25, 0.3) is 0 Å². The quantitative estimate of drug-likeness (QED) is 0.648. The predicted octanol–water partition coefficient (Wildman–Crippen LogP) is 0.766. The summed E-state index contributed by atoms with van der Waals surface area (Å²) in [6.07, 6.45) is 0.0509. The Labute approximate surface area is 67.3 Å². The lowest BCUT2D eigenvalue weighted by atomic mass is 10.1. The number of aliphatic hydroxyl groups excluding tert-OH is 1. The van der Waals surface area contributed by atoms with E-state index in [4.69, 9.17) is 14.6 Å². The highest BCUT2D eigenvalue weighted by molar-refractivity contribution is 4.74. The van der Waals surface area contributed by atoms with Gasteiger partial charge in [-0.2, -0.15) is 0 Å². The summed E-state index contributed by atoms with van der Waals surface area (Å²) in [6.45, 7) is 6.47. The lowest BCUT2D eigenvalue weighted by molar-refractivity contribution is -0.145. The van der Waals surface area contributed by atoms with Gasteiger partial charge in [-0.25, -0.2) is 0 Å². The Morgan fingerprint density at radius 2 is 2.27 bits per heavy atom. The van der Waals surface area contributed by atoms with Crippen LogP contribution in [-0.4, -0.2) is 30.2 Å². The largest absolute Gasteiger partial charge is 0.396 e. The zero-order valence-electron chi connectivity index (χ0n) is 7.33. The zero-order chi connectivity index (χ0) is 8.48. The van der Waals surface area contributed by atoms with E-state index in [0.29, 0.717) is 6.61 Å². The molecule has 0 aromatic rings. The molecular formula is C8H16O3. The molecule has 1 N–H and O–H groups in total. The van der Waals surface area contributed by atoms with Gasteiger partial charge in [0.25, 0.3) is 0 Å². The Hall–Kier alpha value is -0.120. The number of hydrogen-bond donors (Lipinski definition) is 1. The van der Waals surface area contributed by atoms with Crippen LogP contribution >= 0.6 is 0 Å². The highest BCUT2D eigenvalue weighted by Gasteiger charge is 2.35. The van der Waals surface area contributed by atoms with Crippen LogP contribution in [0, 0.1) is 5.92 Å². The first-order valence-electron chi connectivity index (χ1n) is 3.98. The molecule has 0 bridgehead atoms. The van der Waals surface area contributed by atoms with Gasteiger partial charge in [0.05, 0.1) is 12.7 Å². The molecule has 0 radical (unpaired) electrons. The van der Waals surface area contributed by atoms with E-state index in [2.05, 4.69) is 0 Å². The van der Waals surface area contributed by atoms with Gasteiger partial charge in [-0.1, -0.05) is 6.92 Å². The molecular weight excluding hydrogens is 144 g/mol. The van der Waals surface area contributed by atoms with Gasteiger partial charge >= 0.3 is 0 Å². The second-order valence-electron chi connectivity index (χ2n) is 3.53. The molecule has 1 rings (SSSR count). The molecule has 3 nitrogen and oxygen atoms in total. The summed E-state index contributed by atoms with van der Waals surface area (Å²) in [6, 6.07) is 0. The first kappa shape index (κ1) is 8.97. The summed E-state index contributed by atoms with van der Waals surface area (Å²) in [5, 5.41) is 8.83. The fourth-order valence-corrected chi connectivity index (χ4v) is 1.11. The SMILES string of the molecule is C[C@H](CO)[C@@H]1COC(C)(C)O1. The van der Waals surface area contributed by atoms with E-state index in [1.165, 1.54) is 0 Å². The summed E-state index contributed by atoms with van der Waals surface area (Å²) in [5.41, 5.74) is 0. The first-order chi connectivity index (χ1) is 5.05. The molecule has 2 atom stereocenters. The van der Waals surface area contributed by atoms with E-state index >= 15 is 0 Å². The average molecular weight is 160 g/mol. The van der Waals surface area contributed by atoms with E-state index in [1.54, 1.807) is 0 Å². The molecule has 1 heterocycles. The van der Waals surface area contributed by atoms with Gasteiger partial charge in [-0.05, 0) is 13.8 Å². The lowest BCUT2D eigenvalue weighted by Gasteiger charge is -2.19. The third kappa shape index (κ3) is 2.15. The minimum absolute atomic E-state index is 0.0509. The van der Waals surface area contributed by atoms with Crippen molar-refractivity contribution in [2.45, 2.75) is 32.7 Å². The second-order valence-corrected chi connectivity index (χ2v) is 3.53. The molecule has 11 heavy (non-hydrogen) atoms. The highest BCUT2D eigenvalue weighted by atomic mass is 16.7. The van der Waals surface area contributed by atoms with E-state index in [0.717, 1.165) is 0 Å². The molecule has 1 fully saturated rings. The van der Waals surface area contributed by atoms with Crippen molar-refractivity contribution < 1.29 is 14.6 Å². The van der Waals surface area contributed by atoms with Gasteiger partial charge in [0.2, 0.25) is 0 Å². The fraction of sp³-hybridized carbons (Fsp3) is 1.00. The van der Waals surface area contributed by atoms with Crippen LogP contribution in [0.1, 0.15) is 20.8 Å². The molecule has 66 valence electrons. The van der Waals surface area contributed by atoms with Crippen LogP contribution in [0.4, 0.5) is 0 Å². The van der Waals surface area contributed by atoms with Gasteiger partial charge < -0.3 is 14.6 Å². The van der Waals surface area contributed by atoms with Crippen LogP contribution < -0.4 is 0 Å². The third-order valence-corrected chi connectivity index (χ3v) is 1.95. The molecule has 0 amide bonds. The van der Waals surface area contributed by atoms with Crippen LogP contribution in [0.3, 0.4) is 0 Å². The van der Waals surface area contributed by atoms with Gasteiger partial charge in [0.15, 0.2) is 5.79 Å². The van der Waals surface area contributed by atoms with Crippen molar-refractivity contribution in [1.29, 1.82) is 0 Å². The number of ether oxygens (including phenoxy) is 2. The smallest absolute Gasteiger partial charge is 0.163 e. The predicted molar refractivity (Wildman–Crippen MR) is 41.2 cm³/mol. The minimum atomic E-state index is -0.464. The van der Waals surface area contributed by atoms with E-state index in [1.807, 2.05) is 20.8 Å². The Morgan fingerprint density at radius 1 is 1.64 bits per heavy atom. The molecule has 0 aliphatic carbocycles. The summed E-state index contributed by atoms with van der Waals surface area (Å²) in [4.78, 5) is 0. The van der Waals surface area contributed by atoms with E-state index < -0.39 is 5.79 Å². The maximum atomic E-state index is 8.83. The van der Waals surface area contributed by atoms with Crippen molar-refractivity contribution in [3.63, 3.8) is 0 Å². The molecule has 0 saturated carbocycles. The summed E-state index contributed by atoms with van der Waals surface area (Å²) in [7, 11) is 0. The minimum Gasteiger partial charge on any atom is -0.396 e. The summed E-state index contributed by atoms with van der Waals surface area (Å²) >= 11 is 0. The summed E-state index contributed by atoms with van der Waals surface area (Å²) < 4.78 is 10.9. The van der Waals surface area contributed by atoms with E-state index in [9.17, 15) is 0 Å². The standard InChI is InChI=1S/C8H16O3/c1-6(4-9)7-5-10-8(2,3)11-7/h6-7,9H,4-5H2,1-3H3/t6-,7+/m1/s1. The molecule has 3 heteroatoms. The highest BCUT2D eigenvalue weighted by Crippen LogP contribution is 2.26. The van der Waals surface area contributed by atoms with Gasteiger partial charge in [0, 0.05) is 12.5 Å². The summed E-state index contributed by atoms with van der Waals surface area (Å²) in [5.74, 6) is -0.301. The normalized spacial score (nSPS) is 32.2. The molecule has 0 spiro atoms. The van der Waals surface area contributed by atoms with Crippen molar-refractivity contribution in [3.05, 3.63) is 0 Å². The maximum absolute atomic E-state index is 8.83. The van der Waals surface area contributed by atoms with Crippen LogP contribution in [0.2, 0.25) is 0 Å². The molecule has 0 aromatic heterocycles. The molecule has 1 aliphatic heterocycles. The van der Waals surface area contributed by atoms with Gasteiger partial charge in [-0.3, -0.25) is 0 Å². The van der Waals surface area contributed by atoms with Crippen molar-refractivity contribution in [1.82, 2.24) is 0 Å². The Bertz CT molecular complexity index is 133. The molecule has 0 unspecified atom stereocenters. The van der Waals surface area contributed by atoms with Crippen molar-refractivity contribution in [2.75, 3.05) is 13.2 Å². The monoisotopic (exact) mass is 160 g/mol. The van der Waals surface area contributed by atoms with E-state index in [-0.39, 0.29) is 18.6 Å².